The lowest BCUT2D eigenvalue weighted by Gasteiger charge is -2.44. The van der Waals surface area contributed by atoms with Crippen molar-refractivity contribution < 1.29 is 33.3 Å². The number of thiocarbonyl (C=S) groups is 2. The molecule has 12 heteroatoms. The van der Waals surface area contributed by atoms with Crippen LogP contribution in [0.3, 0.4) is 0 Å². The molecule has 1 aliphatic rings. The molecule has 0 bridgehead atoms. The number of aliphatic imine (C=N–C) groups is 1. The molecule has 2 N–H and O–H groups in total. The van der Waals surface area contributed by atoms with E-state index in [-0.39, 0.29) is 17.1 Å². The van der Waals surface area contributed by atoms with E-state index in [2.05, 4.69) is 33.0 Å². The Hall–Kier alpha value is -2.14. The highest BCUT2D eigenvalue weighted by molar-refractivity contribution is 7.80. The molecule has 0 aliphatic carbocycles. The first-order valence-electron chi connectivity index (χ1n) is 9.59. The van der Waals surface area contributed by atoms with Crippen molar-refractivity contribution in [2.45, 2.75) is 72.2 Å². The van der Waals surface area contributed by atoms with E-state index >= 15 is 0 Å². The van der Waals surface area contributed by atoms with Gasteiger partial charge in [0.1, 0.15) is 6.10 Å². The molecule has 1 rings (SSSR count). The Morgan fingerprint density at radius 2 is 1.52 bits per heavy atom. The zero-order valence-electron chi connectivity index (χ0n) is 18.4. The lowest BCUT2D eigenvalue weighted by Crippen LogP contribution is -2.66. The molecule has 1 fully saturated rings. The Balaban J connectivity index is 3.26. The standard InChI is InChI=1S/C19H29N3O7S2/c1-10(23)26-14-13(7-20-9-30)29-17(22-18(31)21-8-19(4,5)6)16(28-12(3)25)15(14)27-11(2)24/h13-17H,7-8H2,1-6H3,(H2,21,22,31)/t13?,14-,15?,16?,17+/m1/s1. The average molecular weight is 476 g/mol. The van der Waals surface area contributed by atoms with Gasteiger partial charge in [0.05, 0.1) is 11.7 Å². The Labute approximate surface area is 192 Å². The van der Waals surface area contributed by atoms with Crippen LogP contribution in [0.1, 0.15) is 41.5 Å². The fourth-order valence-electron chi connectivity index (χ4n) is 2.81. The van der Waals surface area contributed by atoms with Gasteiger partial charge in [-0.2, -0.15) is 0 Å². The van der Waals surface area contributed by atoms with Crippen molar-refractivity contribution in [1.29, 1.82) is 0 Å². The average Bonchev–Trinajstić information content (AvgIpc) is 2.61. The number of esters is 3. The van der Waals surface area contributed by atoms with Crippen LogP contribution in [0.15, 0.2) is 4.99 Å². The van der Waals surface area contributed by atoms with Gasteiger partial charge in [-0.05, 0) is 29.9 Å². The Kier molecular flexibility index (Phi) is 10.4. The van der Waals surface area contributed by atoms with Gasteiger partial charge in [0.2, 0.25) is 0 Å². The Morgan fingerprint density at radius 3 is 2.00 bits per heavy atom. The van der Waals surface area contributed by atoms with Crippen molar-refractivity contribution in [1.82, 2.24) is 10.6 Å². The number of rotatable bonds is 7. The second-order valence-electron chi connectivity index (χ2n) is 8.14. The van der Waals surface area contributed by atoms with Crippen LogP contribution >= 0.6 is 24.4 Å². The third kappa shape index (κ3) is 9.69. The number of carbonyl (C=O) groups is 3. The van der Waals surface area contributed by atoms with E-state index in [1.54, 1.807) is 0 Å². The van der Waals surface area contributed by atoms with E-state index < -0.39 is 48.6 Å². The van der Waals surface area contributed by atoms with Crippen LogP contribution in [0.5, 0.6) is 0 Å². The summed E-state index contributed by atoms with van der Waals surface area (Å²) < 4.78 is 22.1. The highest BCUT2D eigenvalue weighted by atomic mass is 32.1. The van der Waals surface area contributed by atoms with E-state index in [0.717, 1.165) is 0 Å². The van der Waals surface area contributed by atoms with Gasteiger partial charge in [-0.15, -0.1) is 0 Å². The van der Waals surface area contributed by atoms with E-state index in [4.69, 9.17) is 31.2 Å². The van der Waals surface area contributed by atoms with Crippen molar-refractivity contribution >= 4 is 52.6 Å². The van der Waals surface area contributed by atoms with Gasteiger partial charge >= 0.3 is 17.9 Å². The fourth-order valence-corrected chi connectivity index (χ4v) is 3.07. The number of isothiocyanates is 1. The molecule has 174 valence electrons. The summed E-state index contributed by atoms with van der Waals surface area (Å²) in [7, 11) is 0. The summed E-state index contributed by atoms with van der Waals surface area (Å²) in [6.07, 6.45) is -5.34. The topological polar surface area (TPSA) is 125 Å². The Morgan fingerprint density at radius 1 is 1.00 bits per heavy atom. The molecule has 3 unspecified atom stereocenters. The zero-order chi connectivity index (χ0) is 23.8. The summed E-state index contributed by atoms with van der Waals surface area (Å²) in [4.78, 5) is 39.1. The molecule has 0 aromatic heterocycles. The van der Waals surface area contributed by atoms with E-state index in [1.165, 1.54) is 20.8 Å². The highest BCUT2D eigenvalue weighted by Crippen LogP contribution is 2.28. The van der Waals surface area contributed by atoms with Crippen LogP contribution in [-0.2, 0) is 33.3 Å². The second kappa shape index (κ2) is 12.0. The zero-order valence-corrected chi connectivity index (χ0v) is 20.1. The first kappa shape index (κ1) is 26.9. The molecule has 1 heterocycles. The first-order valence-corrected chi connectivity index (χ1v) is 10.4. The predicted octanol–water partition coefficient (Wildman–Crippen LogP) is 1.12. The van der Waals surface area contributed by atoms with Crippen LogP contribution in [0.2, 0.25) is 0 Å². The fraction of sp³-hybridized carbons (Fsp3) is 0.737. The number of hydrogen-bond acceptors (Lipinski definition) is 10. The molecule has 0 amide bonds. The summed E-state index contributed by atoms with van der Waals surface area (Å²) in [5.74, 6) is -1.95. The van der Waals surface area contributed by atoms with Crippen LogP contribution in [0, 0.1) is 5.41 Å². The Bertz CT molecular complexity index is 735. The van der Waals surface area contributed by atoms with E-state index in [0.29, 0.717) is 6.54 Å². The van der Waals surface area contributed by atoms with Crippen LogP contribution in [0.25, 0.3) is 0 Å². The molecule has 31 heavy (non-hydrogen) atoms. The van der Waals surface area contributed by atoms with Crippen molar-refractivity contribution in [2.24, 2.45) is 10.4 Å². The lowest BCUT2D eigenvalue weighted by molar-refractivity contribution is -0.247. The summed E-state index contributed by atoms with van der Waals surface area (Å²) >= 11 is 9.95. The summed E-state index contributed by atoms with van der Waals surface area (Å²) in [6.45, 7) is 10.2. The van der Waals surface area contributed by atoms with Crippen LogP contribution in [-0.4, -0.2) is 71.9 Å². The SMILES string of the molecule is CC(=O)OC1C(OC(C)=O)[C@@H](NC(=S)NCC(C)(C)C)OC(CN=C=S)[C@H]1OC(C)=O. The number of ether oxygens (including phenoxy) is 4. The molecule has 0 aromatic rings. The summed E-state index contributed by atoms with van der Waals surface area (Å²) in [5.41, 5.74) is -0.0499. The van der Waals surface area contributed by atoms with Crippen LogP contribution in [0.4, 0.5) is 0 Å². The maximum atomic E-state index is 11.8. The van der Waals surface area contributed by atoms with Crippen molar-refractivity contribution in [3.8, 4) is 0 Å². The number of nitrogens with one attached hydrogen (secondary N) is 2. The maximum Gasteiger partial charge on any atom is 0.303 e. The minimum Gasteiger partial charge on any atom is -0.456 e. The van der Waals surface area contributed by atoms with Gasteiger partial charge in [0, 0.05) is 27.3 Å². The van der Waals surface area contributed by atoms with Crippen LogP contribution < -0.4 is 10.6 Å². The molecule has 1 aliphatic heterocycles. The molecule has 0 radical (unpaired) electrons. The van der Waals surface area contributed by atoms with Gasteiger partial charge in [0.15, 0.2) is 29.7 Å². The third-order valence-electron chi connectivity index (χ3n) is 3.93. The number of nitrogens with zero attached hydrogens (tertiary/aromatic N) is 1. The quantitative estimate of drug-likeness (QED) is 0.238. The molecule has 10 nitrogen and oxygen atoms in total. The van der Waals surface area contributed by atoms with Gasteiger partial charge in [-0.25, -0.2) is 4.99 Å². The molecule has 5 atom stereocenters. The second-order valence-corrected chi connectivity index (χ2v) is 8.73. The predicted molar refractivity (Wildman–Crippen MR) is 118 cm³/mol. The van der Waals surface area contributed by atoms with Crippen molar-refractivity contribution in [3.63, 3.8) is 0 Å². The van der Waals surface area contributed by atoms with Crippen molar-refractivity contribution in [3.05, 3.63) is 0 Å². The molecular formula is C19H29N3O7S2. The molecule has 0 saturated carbocycles. The summed E-state index contributed by atoms with van der Waals surface area (Å²) in [5, 5.41) is 8.44. The van der Waals surface area contributed by atoms with E-state index in [1.807, 2.05) is 20.8 Å². The monoisotopic (exact) mass is 475 g/mol. The number of hydrogen-bond donors (Lipinski definition) is 2. The smallest absolute Gasteiger partial charge is 0.303 e. The molecule has 0 spiro atoms. The first-order chi connectivity index (χ1) is 14.3. The van der Waals surface area contributed by atoms with Gasteiger partial charge in [-0.3, -0.25) is 14.4 Å². The summed E-state index contributed by atoms with van der Waals surface area (Å²) in [6, 6.07) is 0. The van der Waals surface area contributed by atoms with Crippen molar-refractivity contribution in [2.75, 3.05) is 13.1 Å². The van der Waals surface area contributed by atoms with Gasteiger partial charge in [0.25, 0.3) is 0 Å². The maximum absolute atomic E-state index is 11.8. The van der Waals surface area contributed by atoms with E-state index in [9.17, 15) is 14.4 Å². The highest BCUT2D eigenvalue weighted by Gasteiger charge is 2.52. The number of carbonyl (C=O) groups excluding carboxylic acids is 3. The normalized spacial score (nSPS) is 25.4. The minimum atomic E-state index is -1.17. The molecule has 1 saturated heterocycles. The largest absolute Gasteiger partial charge is 0.456 e. The molecule has 0 aromatic carbocycles. The molecular weight excluding hydrogens is 446 g/mol. The lowest BCUT2D eigenvalue weighted by atomic mass is 9.96. The third-order valence-corrected chi connectivity index (χ3v) is 4.32. The van der Waals surface area contributed by atoms with Gasteiger partial charge in [-0.1, -0.05) is 20.8 Å². The van der Waals surface area contributed by atoms with Gasteiger partial charge < -0.3 is 29.6 Å². The minimum absolute atomic E-state index is 0.0354.